The number of hydrogen-bond acceptors (Lipinski definition) is 6. The summed E-state index contributed by atoms with van der Waals surface area (Å²) in [6.45, 7) is 1.91. The number of methoxy groups -OCH3 is 1. The fraction of sp³-hybridized carbons (Fsp3) is 0.375. The molecule has 2 aromatic rings. The number of hydrogen-bond donors (Lipinski definition) is 3. The normalized spacial score (nSPS) is 26.9. The Kier molecular flexibility index (Phi) is 5.64. The largest absolute Gasteiger partial charge is 0.508 e. The third kappa shape index (κ3) is 3.31. The van der Waals surface area contributed by atoms with Crippen molar-refractivity contribution in [2.75, 3.05) is 7.11 Å². The third-order valence-corrected chi connectivity index (χ3v) is 6.52. The number of carboxylic acids is 1. The topological polar surface area (TPSA) is 116 Å². The van der Waals surface area contributed by atoms with Crippen molar-refractivity contribution in [1.82, 2.24) is 10.2 Å². The lowest BCUT2D eigenvalue weighted by Crippen LogP contribution is -2.55. The number of phenols is 1. The maximum absolute atomic E-state index is 13.5. The van der Waals surface area contributed by atoms with E-state index in [1.807, 2.05) is 37.3 Å². The molecule has 4 rings (SSSR count). The van der Waals surface area contributed by atoms with Crippen molar-refractivity contribution < 1.29 is 29.3 Å². The predicted molar refractivity (Wildman–Crippen MR) is 115 cm³/mol. The molecule has 2 fully saturated rings. The number of fused-ring (bicyclic) bond motifs is 1. The van der Waals surface area contributed by atoms with Crippen LogP contribution in [0, 0.1) is 11.8 Å². The van der Waals surface area contributed by atoms with Gasteiger partial charge in [-0.15, -0.1) is 0 Å². The van der Waals surface area contributed by atoms with Crippen molar-refractivity contribution in [2.24, 2.45) is 11.8 Å². The van der Waals surface area contributed by atoms with E-state index in [0.717, 1.165) is 10.5 Å². The van der Waals surface area contributed by atoms with Crippen LogP contribution in [0.4, 0.5) is 0 Å². The van der Waals surface area contributed by atoms with Crippen LogP contribution in [0.25, 0.3) is 0 Å². The number of aliphatic carboxylic acids is 1. The van der Waals surface area contributed by atoms with Crippen LogP contribution in [0.3, 0.4) is 0 Å². The number of benzene rings is 2. The van der Waals surface area contributed by atoms with Crippen molar-refractivity contribution in [1.29, 1.82) is 0 Å². The molecule has 0 spiro atoms. The van der Waals surface area contributed by atoms with E-state index in [4.69, 9.17) is 4.74 Å². The standard InChI is InChI=1S/C24H26N2O6/c1-3-11-24(23(30)31)19-18(20(25-24)16-12-15(32-2)9-10-17(16)27)21(28)26(22(19)29)13-14-7-5-4-6-8-14/h4-10,12,18-20,25,27H,3,11,13H2,1-2H3,(H,30,31)/t18-,19-,20-,24+/m1/s1. The Morgan fingerprint density at radius 1 is 1.16 bits per heavy atom. The molecule has 0 radical (unpaired) electrons. The van der Waals surface area contributed by atoms with E-state index in [1.165, 1.54) is 13.2 Å². The van der Waals surface area contributed by atoms with E-state index in [-0.39, 0.29) is 18.7 Å². The SMILES string of the molecule is CCC[C@]1(C(=O)O)N[C@H](c2cc(OC)ccc2O)[C@@H]2C(=O)N(Cc3ccccc3)C(=O)[C@@H]21. The monoisotopic (exact) mass is 438 g/mol. The molecule has 2 saturated heterocycles. The Hall–Kier alpha value is -3.39. The van der Waals surface area contributed by atoms with Gasteiger partial charge in [-0.05, 0) is 30.2 Å². The van der Waals surface area contributed by atoms with E-state index >= 15 is 0 Å². The van der Waals surface area contributed by atoms with Gasteiger partial charge >= 0.3 is 5.97 Å². The van der Waals surface area contributed by atoms with Gasteiger partial charge in [-0.25, -0.2) is 0 Å². The Morgan fingerprint density at radius 3 is 2.50 bits per heavy atom. The number of carbonyl (C=O) groups is 3. The number of rotatable bonds is 7. The van der Waals surface area contributed by atoms with Crippen LogP contribution in [0.5, 0.6) is 11.5 Å². The van der Waals surface area contributed by atoms with Crippen molar-refractivity contribution in [3.63, 3.8) is 0 Å². The number of carbonyl (C=O) groups excluding carboxylic acids is 2. The zero-order valence-corrected chi connectivity index (χ0v) is 17.9. The number of likely N-dealkylation sites (tertiary alicyclic amines) is 1. The quantitative estimate of drug-likeness (QED) is 0.569. The molecule has 32 heavy (non-hydrogen) atoms. The summed E-state index contributed by atoms with van der Waals surface area (Å²) in [7, 11) is 1.48. The van der Waals surface area contributed by atoms with Crippen LogP contribution in [-0.2, 0) is 20.9 Å². The van der Waals surface area contributed by atoms with E-state index in [9.17, 15) is 24.6 Å². The highest BCUT2D eigenvalue weighted by atomic mass is 16.5. The zero-order chi connectivity index (χ0) is 23.0. The summed E-state index contributed by atoms with van der Waals surface area (Å²) in [5.74, 6) is -3.79. The van der Waals surface area contributed by atoms with Gasteiger partial charge in [-0.1, -0.05) is 43.7 Å². The number of nitrogens with zero attached hydrogens (tertiary/aromatic N) is 1. The first-order valence-corrected chi connectivity index (χ1v) is 10.6. The molecule has 8 nitrogen and oxygen atoms in total. The molecule has 0 bridgehead atoms. The van der Waals surface area contributed by atoms with Crippen molar-refractivity contribution >= 4 is 17.8 Å². The predicted octanol–water partition coefficient (Wildman–Crippen LogP) is 2.47. The number of ether oxygens (including phenoxy) is 1. The summed E-state index contributed by atoms with van der Waals surface area (Å²) in [6.07, 6.45) is 0.669. The molecule has 2 aromatic carbocycles. The van der Waals surface area contributed by atoms with Crippen LogP contribution in [-0.4, -0.2) is 45.5 Å². The highest BCUT2D eigenvalue weighted by Gasteiger charge is 2.68. The van der Waals surface area contributed by atoms with E-state index in [0.29, 0.717) is 17.7 Å². The maximum atomic E-state index is 13.5. The molecule has 4 atom stereocenters. The second-order valence-corrected chi connectivity index (χ2v) is 8.32. The number of aromatic hydroxyl groups is 1. The van der Waals surface area contributed by atoms with E-state index in [1.54, 1.807) is 12.1 Å². The highest BCUT2D eigenvalue weighted by molar-refractivity contribution is 6.09. The smallest absolute Gasteiger partial charge is 0.324 e. The Labute approximate surface area is 185 Å². The van der Waals surface area contributed by atoms with Crippen LogP contribution < -0.4 is 10.1 Å². The summed E-state index contributed by atoms with van der Waals surface area (Å²) in [4.78, 5) is 40.7. The Morgan fingerprint density at radius 2 is 1.88 bits per heavy atom. The molecule has 0 saturated carbocycles. The highest BCUT2D eigenvalue weighted by Crippen LogP contribution is 2.52. The number of amides is 2. The molecule has 168 valence electrons. The molecular formula is C24H26N2O6. The minimum Gasteiger partial charge on any atom is -0.508 e. The first-order valence-electron chi connectivity index (χ1n) is 10.6. The summed E-state index contributed by atoms with van der Waals surface area (Å²) in [6, 6.07) is 12.8. The average molecular weight is 438 g/mol. The minimum atomic E-state index is -1.61. The Bertz CT molecular complexity index is 1060. The first kappa shape index (κ1) is 21.8. The van der Waals surface area contributed by atoms with Gasteiger partial charge in [0.2, 0.25) is 11.8 Å². The van der Waals surface area contributed by atoms with Gasteiger partial charge < -0.3 is 14.9 Å². The summed E-state index contributed by atoms with van der Waals surface area (Å²) in [5, 5.41) is 23.9. The summed E-state index contributed by atoms with van der Waals surface area (Å²) in [5.41, 5.74) is -0.502. The van der Waals surface area contributed by atoms with Crippen LogP contribution in [0.1, 0.15) is 36.9 Å². The zero-order valence-electron chi connectivity index (χ0n) is 17.9. The fourth-order valence-corrected chi connectivity index (χ4v) is 5.09. The number of carboxylic acid groups (broad SMARTS) is 1. The number of phenolic OH excluding ortho intramolecular Hbond substituents is 1. The van der Waals surface area contributed by atoms with Crippen molar-refractivity contribution in [2.45, 2.75) is 37.9 Å². The lowest BCUT2D eigenvalue weighted by molar-refractivity contribution is -0.152. The van der Waals surface area contributed by atoms with Crippen molar-refractivity contribution in [3.8, 4) is 11.5 Å². The molecule has 0 unspecified atom stereocenters. The van der Waals surface area contributed by atoms with E-state index in [2.05, 4.69) is 5.32 Å². The summed E-state index contributed by atoms with van der Waals surface area (Å²) < 4.78 is 5.26. The molecule has 2 aliphatic rings. The van der Waals surface area contributed by atoms with Crippen LogP contribution in [0.15, 0.2) is 48.5 Å². The van der Waals surface area contributed by atoms with E-state index < -0.39 is 41.2 Å². The Balaban J connectivity index is 1.82. The van der Waals surface area contributed by atoms with Crippen LogP contribution >= 0.6 is 0 Å². The second kappa shape index (κ2) is 8.27. The number of nitrogens with one attached hydrogen (secondary N) is 1. The lowest BCUT2D eigenvalue weighted by atomic mass is 9.77. The van der Waals surface area contributed by atoms with Gasteiger partial charge in [0, 0.05) is 11.6 Å². The fourth-order valence-electron chi connectivity index (χ4n) is 5.09. The third-order valence-electron chi connectivity index (χ3n) is 6.52. The van der Waals surface area contributed by atoms with Gasteiger partial charge in [-0.2, -0.15) is 0 Å². The first-order chi connectivity index (χ1) is 15.3. The molecule has 8 heteroatoms. The molecule has 0 aliphatic carbocycles. The summed E-state index contributed by atoms with van der Waals surface area (Å²) >= 11 is 0. The van der Waals surface area contributed by atoms with Gasteiger partial charge in [0.15, 0.2) is 0 Å². The van der Waals surface area contributed by atoms with Gasteiger partial charge in [0.25, 0.3) is 0 Å². The van der Waals surface area contributed by atoms with Gasteiger partial charge in [0.1, 0.15) is 17.0 Å². The van der Waals surface area contributed by atoms with Gasteiger partial charge in [-0.3, -0.25) is 24.6 Å². The molecule has 3 N–H and O–H groups in total. The van der Waals surface area contributed by atoms with Crippen LogP contribution in [0.2, 0.25) is 0 Å². The molecular weight excluding hydrogens is 412 g/mol. The lowest BCUT2D eigenvalue weighted by Gasteiger charge is -2.31. The molecule has 2 aliphatic heterocycles. The maximum Gasteiger partial charge on any atom is 0.324 e. The minimum absolute atomic E-state index is 0.0736. The van der Waals surface area contributed by atoms with Gasteiger partial charge in [0.05, 0.1) is 25.5 Å². The molecule has 0 aromatic heterocycles. The van der Waals surface area contributed by atoms with Crippen molar-refractivity contribution in [3.05, 3.63) is 59.7 Å². The second-order valence-electron chi connectivity index (χ2n) is 8.32. The molecule has 2 amide bonds. The number of imide groups is 1. The average Bonchev–Trinajstić information content (AvgIpc) is 3.25. The molecule has 2 heterocycles.